The Morgan fingerprint density at radius 3 is 2.23 bits per heavy atom. The molecular weight excluding hydrogens is 612 g/mol. The number of hydrogen-bond acceptors (Lipinski definition) is 5. The molecule has 2 atom stereocenters. The minimum atomic E-state index is -0.0990. The first-order valence-corrected chi connectivity index (χ1v) is 17.4. The summed E-state index contributed by atoms with van der Waals surface area (Å²) in [6.07, 6.45) is 2.22. The van der Waals surface area contributed by atoms with Crippen LogP contribution in [-0.4, -0.2) is 94.6 Å². The molecule has 3 aliphatic heterocycles. The number of carbonyl (C=O) groups is 3. The highest BCUT2D eigenvalue weighted by atomic mass is 35.5. The number of aromatic nitrogens is 2. The number of amides is 3. The lowest BCUT2D eigenvalue weighted by Gasteiger charge is -2.34. The van der Waals surface area contributed by atoms with Crippen molar-refractivity contribution in [3.05, 3.63) is 81.6 Å². The summed E-state index contributed by atoms with van der Waals surface area (Å²) >= 11 is 6.50. The molecule has 3 aliphatic rings. The van der Waals surface area contributed by atoms with Gasteiger partial charge in [-0.05, 0) is 81.7 Å². The van der Waals surface area contributed by atoms with Crippen molar-refractivity contribution in [3.8, 4) is 0 Å². The maximum Gasteiger partial charge on any atom is 0.257 e. The molecule has 6 rings (SSSR count). The Balaban J connectivity index is 1.03. The fourth-order valence-corrected chi connectivity index (χ4v) is 7.92. The lowest BCUT2D eigenvalue weighted by atomic mass is 9.94. The standard InChI is InChI=1S/C37H47ClN6O3/c1-25-11-12-33(19-34(25)38)43(36(46)30-13-17-41(18-14-30)28(4)45)16-8-15-40-21-31-23-42(24-32(31)22-40)37(47)35-26(2)39-44(27(35)3)20-29-9-6-5-7-10-29/h5-7,9-12,19,30-32H,8,13-18,20-24H2,1-4H3. The molecule has 10 heteroatoms. The van der Waals surface area contributed by atoms with Crippen molar-refractivity contribution in [1.29, 1.82) is 0 Å². The summed E-state index contributed by atoms with van der Waals surface area (Å²) in [5, 5.41) is 5.38. The van der Waals surface area contributed by atoms with Crippen LogP contribution in [0.3, 0.4) is 0 Å². The lowest BCUT2D eigenvalue weighted by Crippen LogP contribution is -2.44. The maximum atomic E-state index is 13.8. The van der Waals surface area contributed by atoms with E-state index in [0.717, 1.165) is 72.9 Å². The number of aryl methyl sites for hydroxylation is 2. The van der Waals surface area contributed by atoms with Crippen LogP contribution in [0.25, 0.3) is 0 Å². The summed E-state index contributed by atoms with van der Waals surface area (Å²) in [7, 11) is 0. The molecule has 47 heavy (non-hydrogen) atoms. The Morgan fingerprint density at radius 2 is 1.60 bits per heavy atom. The zero-order chi connectivity index (χ0) is 33.2. The number of benzene rings is 2. The summed E-state index contributed by atoms with van der Waals surface area (Å²) in [5.41, 5.74) is 5.45. The first kappa shape index (κ1) is 33.2. The highest BCUT2D eigenvalue weighted by molar-refractivity contribution is 6.31. The average Bonchev–Trinajstić information content (AvgIpc) is 3.72. The van der Waals surface area contributed by atoms with Gasteiger partial charge in [0.2, 0.25) is 11.8 Å². The monoisotopic (exact) mass is 658 g/mol. The van der Waals surface area contributed by atoms with E-state index in [1.54, 1.807) is 6.92 Å². The molecule has 0 aliphatic carbocycles. The Kier molecular flexibility index (Phi) is 10.0. The Bertz CT molecular complexity index is 1600. The summed E-state index contributed by atoms with van der Waals surface area (Å²) in [6.45, 7) is 14.4. The molecule has 250 valence electrons. The third-order valence-electron chi connectivity index (χ3n) is 10.5. The molecule has 3 fully saturated rings. The number of piperidine rings is 1. The van der Waals surface area contributed by atoms with Crippen LogP contribution in [0, 0.1) is 38.5 Å². The van der Waals surface area contributed by atoms with E-state index in [1.165, 1.54) is 0 Å². The van der Waals surface area contributed by atoms with Crippen LogP contribution in [0.2, 0.25) is 5.02 Å². The van der Waals surface area contributed by atoms with Gasteiger partial charge in [0.25, 0.3) is 5.91 Å². The van der Waals surface area contributed by atoms with Crippen molar-refractivity contribution in [2.75, 3.05) is 57.3 Å². The molecule has 3 saturated heterocycles. The van der Waals surface area contributed by atoms with E-state index >= 15 is 0 Å². The molecule has 0 radical (unpaired) electrons. The van der Waals surface area contributed by atoms with E-state index in [2.05, 4.69) is 17.0 Å². The summed E-state index contributed by atoms with van der Waals surface area (Å²) in [5.74, 6) is 1.11. The molecule has 3 aromatic rings. The number of nitrogens with zero attached hydrogens (tertiary/aromatic N) is 6. The van der Waals surface area contributed by atoms with Crippen molar-refractivity contribution in [2.45, 2.75) is 53.5 Å². The fourth-order valence-electron chi connectivity index (χ4n) is 7.74. The Morgan fingerprint density at radius 1 is 0.915 bits per heavy atom. The second-order valence-corrected chi connectivity index (χ2v) is 14.1. The molecule has 0 saturated carbocycles. The molecule has 2 aromatic carbocycles. The summed E-state index contributed by atoms with van der Waals surface area (Å²) in [6, 6.07) is 16.1. The number of fused-ring (bicyclic) bond motifs is 1. The van der Waals surface area contributed by atoms with E-state index in [-0.39, 0.29) is 23.6 Å². The zero-order valence-electron chi connectivity index (χ0n) is 28.1. The van der Waals surface area contributed by atoms with Crippen LogP contribution in [0.5, 0.6) is 0 Å². The molecule has 2 unspecified atom stereocenters. The predicted molar refractivity (Wildman–Crippen MR) is 185 cm³/mol. The van der Waals surface area contributed by atoms with Crippen molar-refractivity contribution < 1.29 is 14.4 Å². The number of anilines is 1. The first-order valence-electron chi connectivity index (χ1n) is 17.0. The van der Waals surface area contributed by atoms with Crippen molar-refractivity contribution >= 4 is 35.0 Å². The van der Waals surface area contributed by atoms with Gasteiger partial charge in [0, 0.05) is 75.1 Å². The molecule has 9 nitrogen and oxygen atoms in total. The quantitative estimate of drug-likeness (QED) is 0.316. The van der Waals surface area contributed by atoms with Crippen LogP contribution in [0.15, 0.2) is 48.5 Å². The van der Waals surface area contributed by atoms with E-state index in [9.17, 15) is 14.4 Å². The van der Waals surface area contributed by atoms with Gasteiger partial charge >= 0.3 is 0 Å². The van der Waals surface area contributed by atoms with Gasteiger partial charge in [0.05, 0.1) is 17.8 Å². The number of halogens is 1. The van der Waals surface area contributed by atoms with Gasteiger partial charge in [0.1, 0.15) is 0 Å². The highest BCUT2D eigenvalue weighted by Crippen LogP contribution is 2.33. The minimum Gasteiger partial charge on any atom is -0.343 e. The maximum absolute atomic E-state index is 13.8. The molecule has 0 spiro atoms. The van der Waals surface area contributed by atoms with Crippen LogP contribution >= 0.6 is 11.6 Å². The number of carbonyl (C=O) groups excluding carboxylic acids is 3. The van der Waals surface area contributed by atoms with Gasteiger partial charge in [-0.2, -0.15) is 5.10 Å². The van der Waals surface area contributed by atoms with Gasteiger partial charge in [-0.1, -0.05) is 48.0 Å². The van der Waals surface area contributed by atoms with E-state index in [1.807, 2.05) is 76.6 Å². The van der Waals surface area contributed by atoms with Gasteiger partial charge in [0.15, 0.2) is 0 Å². The van der Waals surface area contributed by atoms with Crippen LogP contribution in [0.1, 0.15) is 59.1 Å². The van der Waals surface area contributed by atoms with E-state index in [4.69, 9.17) is 16.7 Å². The van der Waals surface area contributed by atoms with Gasteiger partial charge in [-0.15, -0.1) is 0 Å². The van der Waals surface area contributed by atoms with Crippen molar-refractivity contribution in [2.24, 2.45) is 17.8 Å². The van der Waals surface area contributed by atoms with Crippen LogP contribution in [-0.2, 0) is 16.1 Å². The smallest absolute Gasteiger partial charge is 0.257 e. The lowest BCUT2D eigenvalue weighted by molar-refractivity contribution is -0.133. The fraction of sp³-hybridized carbons (Fsp3) is 0.514. The highest BCUT2D eigenvalue weighted by Gasteiger charge is 2.42. The molecule has 3 amide bonds. The number of rotatable bonds is 9. The number of hydrogen-bond donors (Lipinski definition) is 0. The molecular formula is C37H47ClN6O3. The van der Waals surface area contributed by atoms with Gasteiger partial charge in [-0.25, -0.2) is 0 Å². The minimum absolute atomic E-state index is 0.0705. The average molecular weight is 659 g/mol. The normalized spacial score (nSPS) is 20.1. The first-order chi connectivity index (χ1) is 22.6. The molecule has 0 N–H and O–H groups in total. The van der Waals surface area contributed by atoms with Gasteiger partial charge in [-0.3, -0.25) is 19.1 Å². The molecule has 4 heterocycles. The van der Waals surface area contributed by atoms with Crippen molar-refractivity contribution in [3.63, 3.8) is 0 Å². The third kappa shape index (κ3) is 7.26. The number of likely N-dealkylation sites (tertiary alicyclic amines) is 3. The van der Waals surface area contributed by atoms with Gasteiger partial charge < -0.3 is 19.6 Å². The topological polar surface area (TPSA) is 82.0 Å². The summed E-state index contributed by atoms with van der Waals surface area (Å²) < 4.78 is 1.95. The second kappa shape index (κ2) is 14.2. The Hall–Kier alpha value is -3.69. The SMILES string of the molecule is CC(=O)N1CCC(C(=O)N(CCCN2CC3CN(C(=O)c4c(C)nn(Cc5ccccc5)c4C)CC3C2)c2ccc(C)c(Cl)c2)CC1. The molecule has 0 bridgehead atoms. The molecule has 1 aromatic heterocycles. The predicted octanol–water partition coefficient (Wildman–Crippen LogP) is 5.20. The summed E-state index contributed by atoms with van der Waals surface area (Å²) in [4.78, 5) is 47.7. The largest absolute Gasteiger partial charge is 0.343 e. The van der Waals surface area contributed by atoms with Crippen LogP contribution in [0.4, 0.5) is 5.69 Å². The van der Waals surface area contributed by atoms with Crippen LogP contribution < -0.4 is 4.90 Å². The van der Waals surface area contributed by atoms with E-state index in [0.29, 0.717) is 55.9 Å². The zero-order valence-corrected chi connectivity index (χ0v) is 28.9. The Labute approximate surface area is 283 Å². The second-order valence-electron chi connectivity index (χ2n) is 13.7. The third-order valence-corrected chi connectivity index (χ3v) is 10.9. The van der Waals surface area contributed by atoms with E-state index < -0.39 is 0 Å². The van der Waals surface area contributed by atoms with Crippen molar-refractivity contribution in [1.82, 2.24) is 24.5 Å².